The molecule has 0 saturated carbocycles. The van der Waals surface area contributed by atoms with Crippen molar-refractivity contribution < 1.29 is 37.6 Å². The second kappa shape index (κ2) is 83.5. The third-order valence-electron chi connectivity index (χ3n) is 16.7. The molecule has 0 saturated heterocycles. The molecule has 2 unspecified atom stereocenters. The average Bonchev–Trinajstić information content (AvgIpc) is 1.04. The van der Waals surface area contributed by atoms with Crippen molar-refractivity contribution in [1.29, 1.82) is 0 Å². The molecule has 0 aliphatic heterocycles. The van der Waals surface area contributed by atoms with E-state index < -0.39 is 26.5 Å². The Labute approximate surface area is 620 Å². The van der Waals surface area contributed by atoms with Gasteiger partial charge in [-0.1, -0.05) is 368 Å². The van der Waals surface area contributed by atoms with E-state index >= 15 is 0 Å². The molecule has 3 N–H and O–H groups in total. The van der Waals surface area contributed by atoms with Gasteiger partial charge in [-0.3, -0.25) is 18.6 Å². The lowest BCUT2D eigenvalue weighted by Gasteiger charge is -2.19. The Bertz CT molecular complexity index is 2420. The molecular weight excluding hydrogens is 1270 g/mol. The Morgan fingerprint density at radius 3 is 0.762 bits per heavy atom. The lowest BCUT2D eigenvalue weighted by atomic mass is 10.0. The number of phosphoric ester groups is 1. The molecule has 101 heavy (non-hydrogen) atoms. The molecule has 0 aliphatic carbocycles. The largest absolute Gasteiger partial charge is 0.472 e. The number of carbonyl (C=O) groups excluding carboxylic acids is 2. The Morgan fingerprint density at radius 2 is 0.515 bits per heavy atom. The number of ether oxygens (including phenoxy) is 2. The Hall–Kier alpha value is -5.41. The van der Waals surface area contributed by atoms with Crippen LogP contribution in [-0.4, -0.2) is 49.3 Å². The fraction of sp³-hybridized carbons (Fsp3) is 0.604. The highest BCUT2D eigenvalue weighted by Crippen LogP contribution is 2.43. The summed E-state index contributed by atoms with van der Waals surface area (Å²) in [7, 11) is -4.42. The molecule has 0 aromatic rings. The molecular formula is C91H148NO8P. The van der Waals surface area contributed by atoms with Crippen LogP contribution in [-0.2, 0) is 32.7 Å². The molecule has 0 amide bonds. The summed E-state index contributed by atoms with van der Waals surface area (Å²) in [5.41, 5.74) is 5.41. The van der Waals surface area contributed by atoms with Crippen molar-refractivity contribution in [3.05, 3.63) is 207 Å². The minimum atomic E-state index is -4.42. The van der Waals surface area contributed by atoms with Crippen LogP contribution in [0.5, 0.6) is 0 Å². The monoisotopic (exact) mass is 1410 g/mol. The van der Waals surface area contributed by atoms with Gasteiger partial charge in [0.25, 0.3) is 0 Å². The summed E-state index contributed by atoms with van der Waals surface area (Å²) in [5, 5.41) is 0. The quantitative estimate of drug-likeness (QED) is 0.0264. The van der Waals surface area contributed by atoms with Crippen LogP contribution in [0.25, 0.3) is 0 Å². The van der Waals surface area contributed by atoms with Gasteiger partial charge in [0.05, 0.1) is 13.2 Å². The van der Waals surface area contributed by atoms with Gasteiger partial charge in [0.15, 0.2) is 6.10 Å². The van der Waals surface area contributed by atoms with Crippen molar-refractivity contribution in [3.63, 3.8) is 0 Å². The maximum absolute atomic E-state index is 12.8. The van der Waals surface area contributed by atoms with Gasteiger partial charge in [0.2, 0.25) is 0 Å². The van der Waals surface area contributed by atoms with Gasteiger partial charge in [-0.25, -0.2) is 4.57 Å². The van der Waals surface area contributed by atoms with Crippen molar-refractivity contribution >= 4 is 19.8 Å². The van der Waals surface area contributed by atoms with E-state index in [1.807, 2.05) is 0 Å². The van der Waals surface area contributed by atoms with E-state index in [9.17, 15) is 19.0 Å². The highest BCUT2D eigenvalue weighted by Gasteiger charge is 2.26. The van der Waals surface area contributed by atoms with E-state index in [-0.39, 0.29) is 38.6 Å². The Kier molecular flexibility index (Phi) is 79.1. The summed E-state index contributed by atoms with van der Waals surface area (Å²) in [5.74, 6) is -0.860. The topological polar surface area (TPSA) is 134 Å². The summed E-state index contributed by atoms with van der Waals surface area (Å²) in [6.07, 6.45) is 128. The maximum Gasteiger partial charge on any atom is 0.472 e. The van der Waals surface area contributed by atoms with Gasteiger partial charge >= 0.3 is 19.8 Å². The number of carbonyl (C=O) groups is 2. The molecule has 0 rings (SSSR count). The molecule has 0 bridgehead atoms. The predicted octanol–water partition coefficient (Wildman–Crippen LogP) is 27.8. The first-order valence-corrected chi connectivity index (χ1v) is 42.1. The number of hydrogen-bond donors (Lipinski definition) is 2. The van der Waals surface area contributed by atoms with Crippen molar-refractivity contribution in [2.75, 3.05) is 26.4 Å². The standard InChI is InChI=1S/C91H148NO8P/c1-3-5-7-9-11-13-15-17-19-21-23-25-27-29-31-33-35-37-39-41-43-44-46-48-50-52-54-56-58-60-62-64-66-68-70-72-74-76-78-80-82-84-91(94)100-89(88-99-101(95,96)98-86-85-92)87-97-90(93)83-81-79-77-75-73-71-69-67-65-63-61-59-57-55-53-51-49-47-45-42-40-38-36-34-32-30-28-26-24-22-20-18-16-14-12-10-8-6-4-2/h5-8,11-14,17-20,23-26,29-32,35,37,41,43,46,48,52,54,58,60,64,66,70,72,89H,3-4,9-10,15-16,21-22,27-28,33-34,36,38-40,42,44-45,47,49-51,53,55-57,59,61-63,65,67-69,71,73-88,92H2,1-2H3,(H,95,96)/b7-5-,8-6-,13-11-,14-12-,19-17-,20-18-,25-23-,26-24-,31-29-,32-30-,37-35-,43-41-,48-46-,54-52-,60-58-,66-64-,72-70-. The average molecular weight is 1420 g/mol. The minimum absolute atomic E-state index is 0.0406. The molecule has 0 aromatic heterocycles. The van der Waals surface area contributed by atoms with Gasteiger partial charge in [-0.15, -0.1) is 0 Å². The van der Waals surface area contributed by atoms with Gasteiger partial charge in [0, 0.05) is 19.4 Å². The number of allylic oxidation sites excluding steroid dienone is 34. The Morgan fingerprint density at radius 1 is 0.297 bits per heavy atom. The van der Waals surface area contributed by atoms with E-state index in [4.69, 9.17) is 24.3 Å². The Balaban J connectivity index is 3.93. The summed E-state index contributed by atoms with van der Waals surface area (Å²) >= 11 is 0. The maximum atomic E-state index is 12.8. The minimum Gasteiger partial charge on any atom is -0.462 e. The van der Waals surface area contributed by atoms with Crippen molar-refractivity contribution in [2.45, 2.75) is 328 Å². The molecule has 0 aromatic carbocycles. The van der Waals surface area contributed by atoms with Crippen LogP contribution in [0.1, 0.15) is 322 Å². The third-order valence-corrected chi connectivity index (χ3v) is 17.6. The zero-order valence-corrected chi connectivity index (χ0v) is 65.2. The summed E-state index contributed by atoms with van der Waals surface area (Å²) in [6, 6.07) is 0. The summed E-state index contributed by atoms with van der Waals surface area (Å²) < 4.78 is 33.2. The van der Waals surface area contributed by atoms with Crippen LogP contribution >= 0.6 is 7.82 Å². The van der Waals surface area contributed by atoms with Gasteiger partial charge < -0.3 is 20.1 Å². The molecule has 2 atom stereocenters. The van der Waals surface area contributed by atoms with E-state index in [0.29, 0.717) is 6.42 Å². The van der Waals surface area contributed by atoms with Crippen molar-refractivity contribution in [2.24, 2.45) is 5.73 Å². The molecule has 0 fully saturated rings. The van der Waals surface area contributed by atoms with Crippen molar-refractivity contribution in [3.8, 4) is 0 Å². The number of hydrogen-bond acceptors (Lipinski definition) is 8. The molecule has 570 valence electrons. The molecule has 0 heterocycles. The van der Waals surface area contributed by atoms with Gasteiger partial charge in [0.1, 0.15) is 6.61 Å². The molecule has 10 heteroatoms. The van der Waals surface area contributed by atoms with Crippen LogP contribution in [0.3, 0.4) is 0 Å². The number of unbranched alkanes of at least 4 members (excludes halogenated alkanes) is 27. The van der Waals surface area contributed by atoms with Crippen LogP contribution < -0.4 is 5.73 Å². The van der Waals surface area contributed by atoms with Crippen LogP contribution in [0.2, 0.25) is 0 Å². The fourth-order valence-electron chi connectivity index (χ4n) is 10.8. The first-order valence-electron chi connectivity index (χ1n) is 40.6. The SMILES string of the molecule is CC/C=C\C/C=C\C/C=C\C/C=C\C/C=C\C/C=C\C/C=C\C/C=C\C/C=C\C/C=C\C/C=C\C/C=C\CCCCCCC(=O)OC(COC(=O)CCCCCCCCCCCCCCCCCCCCCCCCC/C=C\C/C=C\C/C=C\C/C=C\C/C=C\CC)COP(=O)(O)OCCN. The summed E-state index contributed by atoms with van der Waals surface area (Å²) in [6.45, 7) is 3.49. The number of nitrogens with two attached hydrogens (primary N) is 1. The highest BCUT2D eigenvalue weighted by atomic mass is 31.2. The third kappa shape index (κ3) is 83.4. The predicted molar refractivity (Wildman–Crippen MR) is 440 cm³/mol. The lowest BCUT2D eigenvalue weighted by molar-refractivity contribution is -0.161. The van der Waals surface area contributed by atoms with E-state index in [1.54, 1.807) is 0 Å². The molecule has 9 nitrogen and oxygen atoms in total. The smallest absolute Gasteiger partial charge is 0.462 e. The van der Waals surface area contributed by atoms with Crippen molar-refractivity contribution in [1.82, 2.24) is 0 Å². The summed E-state index contributed by atoms with van der Waals surface area (Å²) in [4.78, 5) is 35.5. The van der Waals surface area contributed by atoms with Gasteiger partial charge in [-0.05, 0) is 148 Å². The number of esters is 2. The molecule has 0 spiro atoms. The lowest BCUT2D eigenvalue weighted by Crippen LogP contribution is -2.29. The number of rotatable bonds is 74. The van der Waals surface area contributed by atoms with E-state index in [0.717, 1.165) is 154 Å². The second-order valence-corrected chi connectivity index (χ2v) is 27.6. The van der Waals surface area contributed by atoms with E-state index in [1.165, 1.54) is 135 Å². The fourth-order valence-corrected chi connectivity index (χ4v) is 11.5. The van der Waals surface area contributed by atoms with Gasteiger partial charge in [-0.2, -0.15) is 0 Å². The van der Waals surface area contributed by atoms with Crippen LogP contribution in [0.4, 0.5) is 0 Å². The normalized spacial score (nSPS) is 14.0. The van der Waals surface area contributed by atoms with Crippen LogP contribution in [0, 0.1) is 0 Å². The molecule has 0 radical (unpaired) electrons. The first kappa shape index (κ1) is 95.6. The first-order chi connectivity index (χ1) is 49.8. The zero-order chi connectivity index (χ0) is 72.9. The second-order valence-electron chi connectivity index (χ2n) is 26.2. The highest BCUT2D eigenvalue weighted by molar-refractivity contribution is 7.47. The molecule has 0 aliphatic rings. The van der Waals surface area contributed by atoms with Crippen LogP contribution in [0.15, 0.2) is 207 Å². The zero-order valence-electron chi connectivity index (χ0n) is 64.3. The number of phosphoric acid groups is 1. The van der Waals surface area contributed by atoms with E-state index in [2.05, 4.69) is 220 Å².